The Labute approximate surface area is 167 Å². The summed E-state index contributed by atoms with van der Waals surface area (Å²) in [6.45, 7) is 7.99. The van der Waals surface area contributed by atoms with Crippen LogP contribution in [0.15, 0.2) is 23.3 Å². The lowest BCUT2D eigenvalue weighted by Gasteiger charge is -2.39. The summed E-state index contributed by atoms with van der Waals surface area (Å²) in [4.78, 5) is 27.9. The predicted molar refractivity (Wildman–Crippen MR) is 109 cm³/mol. The van der Waals surface area contributed by atoms with Gasteiger partial charge in [0.2, 0.25) is 11.8 Å². The number of piperazine rings is 1. The standard InChI is InChI=1S/C20H32N6O2/c1-16(19(27)25-8-4-5-9-25)24-10-12-26(13-11-24)20(21-2)23-15-17-6-7-18(28-3)22-14-17/h6-7,14,16H,4-5,8-13,15H2,1-3H3,(H,21,23). The molecule has 2 aliphatic rings. The fourth-order valence-electron chi connectivity index (χ4n) is 3.83. The van der Waals surface area contributed by atoms with E-state index in [4.69, 9.17) is 4.74 Å². The Hall–Kier alpha value is -2.35. The number of hydrogen-bond donors (Lipinski definition) is 1. The number of nitrogens with one attached hydrogen (secondary N) is 1. The van der Waals surface area contributed by atoms with E-state index in [1.54, 1.807) is 14.2 Å². The van der Waals surface area contributed by atoms with Crippen molar-refractivity contribution in [1.82, 2.24) is 25.0 Å². The van der Waals surface area contributed by atoms with Crippen molar-refractivity contribution in [2.75, 3.05) is 53.4 Å². The minimum absolute atomic E-state index is 0.0411. The molecule has 0 bridgehead atoms. The van der Waals surface area contributed by atoms with Crippen LogP contribution in [0.3, 0.4) is 0 Å². The lowest BCUT2D eigenvalue weighted by molar-refractivity contribution is -0.135. The normalized spacial score (nSPS) is 19.6. The van der Waals surface area contributed by atoms with Crippen LogP contribution in [0.2, 0.25) is 0 Å². The zero-order valence-corrected chi connectivity index (χ0v) is 17.2. The topological polar surface area (TPSA) is 73.3 Å². The SMILES string of the molecule is CN=C(NCc1ccc(OC)nc1)N1CCN(C(C)C(=O)N2CCCC2)CC1. The van der Waals surface area contributed by atoms with E-state index >= 15 is 0 Å². The van der Waals surface area contributed by atoms with E-state index in [0.29, 0.717) is 12.4 Å². The molecule has 2 fully saturated rings. The van der Waals surface area contributed by atoms with Gasteiger partial charge in [0, 0.05) is 65.1 Å². The van der Waals surface area contributed by atoms with Crippen molar-refractivity contribution in [3.05, 3.63) is 23.9 Å². The number of rotatable bonds is 5. The second kappa shape index (κ2) is 9.73. The molecule has 8 nitrogen and oxygen atoms in total. The van der Waals surface area contributed by atoms with Crippen LogP contribution in [0.25, 0.3) is 0 Å². The number of carbonyl (C=O) groups excluding carboxylic acids is 1. The highest BCUT2D eigenvalue weighted by atomic mass is 16.5. The zero-order valence-electron chi connectivity index (χ0n) is 17.2. The van der Waals surface area contributed by atoms with E-state index in [9.17, 15) is 4.79 Å². The van der Waals surface area contributed by atoms with Crippen LogP contribution in [0, 0.1) is 0 Å². The molecule has 154 valence electrons. The first-order valence-corrected chi connectivity index (χ1v) is 10.1. The van der Waals surface area contributed by atoms with Crippen molar-refractivity contribution in [2.24, 2.45) is 4.99 Å². The second-order valence-electron chi connectivity index (χ2n) is 7.34. The molecule has 28 heavy (non-hydrogen) atoms. The van der Waals surface area contributed by atoms with Crippen LogP contribution in [-0.4, -0.2) is 91.0 Å². The number of aliphatic imine (C=N–C) groups is 1. The Morgan fingerprint density at radius 1 is 1.18 bits per heavy atom. The van der Waals surface area contributed by atoms with Crippen LogP contribution in [-0.2, 0) is 11.3 Å². The highest BCUT2D eigenvalue weighted by Gasteiger charge is 2.30. The van der Waals surface area contributed by atoms with E-state index < -0.39 is 0 Å². The largest absolute Gasteiger partial charge is 0.481 e. The van der Waals surface area contributed by atoms with E-state index in [1.807, 2.05) is 30.2 Å². The van der Waals surface area contributed by atoms with E-state index in [2.05, 4.69) is 25.1 Å². The fourth-order valence-corrected chi connectivity index (χ4v) is 3.83. The van der Waals surface area contributed by atoms with Gasteiger partial charge in [0.15, 0.2) is 5.96 Å². The first kappa shape index (κ1) is 20.4. The summed E-state index contributed by atoms with van der Waals surface area (Å²) in [5, 5.41) is 3.41. The van der Waals surface area contributed by atoms with Crippen LogP contribution in [0.1, 0.15) is 25.3 Å². The molecule has 1 unspecified atom stereocenters. The fraction of sp³-hybridized carbons (Fsp3) is 0.650. The molecule has 2 aliphatic heterocycles. The van der Waals surface area contributed by atoms with Crippen molar-refractivity contribution in [1.29, 1.82) is 0 Å². The highest BCUT2D eigenvalue weighted by Crippen LogP contribution is 2.14. The van der Waals surface area contributed by atoms with Gasteiger partial charge in [-0.3, -0.25) is 14.7 Å². The van der Waals surface area contributed by atoms with E-state index in [0.717, 1.165) is 63.6 Å². The maximum absolute atomic E-state index is 12.6. The number of ether oxygens (including phenoxy) is 1. The van der Waals surface area contributed by atoms with Gasteiger partial charge in [-0.15, -0.1) is 0 Å². The molecule has 1 N–H and O–H groups in total. The maximum Gasteiger partial charge on any atom is 0.239 e. The van der Waals surface area contributed by atoms with Gasteiger partial charge in [-0.2, -0.15) is 0 Å². The number of carbonyl (C=O) groups is 1. The number of nitrogens with zero attached hydrogens (tertiary/aromatic N) is 5. The first-order chi connectivity index (χ1) is 13.6. The van der Waals surface area contributed by atoms with Gasteiger partial charge in [0.05, 0.1) is 13.2 Å². The summed E-state index contributed by atoms with van der Waals surface area (Å²) < 4.78 is 5.09. The third kappa shape index (κ3) is 4.92. The number of hydrogen-bond acceptors (Lipinski definition) is 5. The molecule has 0 spiro atoms. The van der Waals surface area contributed by atoms with Crippen molar-refractivity contribution in [3.8, 4) is 5.88 Å². The number of amides is 1. The number of pyridine rings is 1. The van der Waals surface area contributed by atoms with E-state index in [-0.39, 0.29) is 11.9 Å². The molecule has 3 heterocycles. The van der Waals surface area contributed by atoms with Crippen molar-refractivity contribution >= 4 is 11.9 Å². The second-order valence-corrected chi connectivity index (χ2v) is 7.34. The molecule has 0 aromatic carbocycles. The summed E-state index contributed by atoms with van der Waals surface area (Å²) in [5.41, 5.74) is 1.07. The monoisotopic (exact) mass is 388 g/mol. The van der Waals surface area contributed by atoms with Gasteiger partial charge in [0.25, 0.3) is 0 Å². The predicted octanol–water partition coefficient (Wildman–Crippen LogP) is 0.794. The van der Waals surface area contributed by atoms with Gasteiger partial charge < -0.3 is 19.9 Å². The Kier molecular flexibility index (Phi) is 7.08. The highest BCUT2D eigenvalue weighted by molar-refractivity contribution is 5.82. The Morgan fingerprint density at radius 2 is 1.89 bits per heavy atom. The average Bonchev–Trinajstić information content (AvgIpc) is 3.29. The molecule has 1 aromatic heterocycles. The Balaban J connectivity index is 1.47. The van der Waals surface area contributed by atoms with Crippen LogP contribution in [0.4, 0.5) is 0 Å². The van der Waals surface area contributed by atoms with Crippen molar-refractivity contribution in [3.63, 3.8) is 0 Å². The Bertz CT molecular complexity index is 664. The van der Waals surface area contributed by atoms with Crippen molar-refractivity contribution < 1.29 is 9.53 Å². The smallest absolute Gasteiger partial charge is 0.239 e. The summed E-state index contributed by atoms with van der Waals surface area (Å²) >= 11 is 0. The van der Waals surface area contributed by atoms with Crippen molar-refractivity contribution in [2.45, 2.75) is 32.4 Å². The molecule has 1 amide bonds. The molecule has 1 aromatic rings. The molecular weight excluding hydrogens is 356 g/mol. The van der Waals surface area contributed by atoms with Crippen LogP contribution in [0.5, 0.6) is 5.88 Å². The number of aromatic nitrogens is 1. The zero-order chi connectivity index (χ0) is 19.9. The molecule has 0 radical (unpaired) electrons. The van der Waals surface area contributed by atoms with Gasteiger partial charge in [-0.05, 0) is 25.3 Å². The summed E-state index contributed by atoms with van der Waals surface area (Å²) in [6, 6.07) is 3.81. The van der Waals surface area contributed by atoms with Gasteiger partial charge in [-0.1, -0.05) is 6.07 Å². The molecule has 8 heteroatoms. The third-order valence-corrected chi connectivity index (χ3v) is 5.61. The lowest BCUT2D eigenvalue weighted by Crippen LogP contribution is -2.57. The third-order valence-electron chi connectivity index (χ3n) is 5.61. The Morgan fingerprint density at radius 3 is 2.46 bits per heavy atom. The minimum atomic E-state index is -0.0411. The molecule has 0 aliphatic carbocycles. The maximum atomic E-state index is 12.6. The quantitative estimate of drug-likeness (QED) is 0.594. The first-order valence-electron chi connectivity index (χ1n) is 10.1. The van der Waals surface area contributed by atoms with Crippen LogP contribution >= 0.6 is 0 Å². The summed E-state index contributed by atoms with van der Waals surface area (Å²) in [5.74, 6) is 1.77. The van der Waals surface area contributed by atoms with Gasteiger partial charge in [0.1, 0.15) is 0 Å². The van der Waals surface area contributed by atoms with Gasteiger partial charge >= 0.3 is 0 Å². The minimum Gasteiger partial charge on any atom is -0.481 e. The van der Waals surface area contributed by atoms with Crippen LogP contribution < -0.4 is 10.1 Å². The van der Waals surface area contributed by atoms with E-state index in [1.165, 1.54) is 0 Å². The average molecular weight is 389 g/mol. The molecule has 2 saturated heterocycles. The number of guanidine groups is 1. The van der Waals surface area contributed by atoms with Gasteiger partial charge in [-0.25, -0.2) is 4.98 Å². The summed E-state index contributed by atoms with van der Waals surface area (Å²) in [6.07, 6.45) is 4.08. The lowest BCUT2D eigenvalue weighted by atomic mass is 10.2. The molecule has 0 saturated carbocycles. The number of methoxy groups -OCH3 is 1. The molecular formula is C20H32N6O2. The molecule has 1 atom stereocenters. The molecule has 3 rings (SSSR count). The number of likely N-dealkylation sites (tertiary alicyclic amines) is 1. The summed E-state index contributed by atoms with van der Waals surface area (Å²) in [7, 11) is 3.42.